The lowest BCUT2D eigenvalue weighted by Crippen LogP contribution is -2.39. The monoisotopic (exact) mass is 666 g/mol. The molecule has 1 unspecified atom stereocenters. The molecular formula is C31H32ClN6O7P. The number of esters is 1. The third kappa shape index (κ3) is 6.85. The largest absolute Gasteiger partial charge is 0.465 e. The Hall–Kier alpha value is -4.10. The summed E-state index contributed by atoms with van der Waals surface area (Å²) in [4.78, 5) is 25.5. The molecule has 1 saturated heterocycles. The number of nitrogens with one attached hydrogen (secondary N) is 1. The molecule has 0 saturated carbocycles. The molecule has 2 aromatic heterocycles. The van der Waals surface area contributed by atoms with E-state index in [4.69, 9.17) is 35.9 Å². The van der Waals surface area contributed by atoms with Gasteiger partial charge in [0.1, 0.15) is 24.2 Å². The molecule has 3 aromatic carbocycles. The topological polar surface area (TPSA) is 173 Å². The van der Waals surface area contributed by atoms with Crippen molar-refractivity contribution in [1.29, 1.82) is 0 Å². The molecule has 0 aliphatic carbocycles. The summed E-state index contributed by atoms with van der Waals surface area (Å²) in [6, 6.07) is 21.0. The first-order valence-electron chi connectivity index (χ1n) is 14.6. The first-order valence-corrected chi connectivity index (χ1v) is 16.5. The fraction of sp³-hybridized carbons (Fsp3) is 0.290. The number of benzene rings is 3. The van der Waals surface area contributed by atoms with Crippen LogP contribution in [0, 0.1) is 0 Å². The third-order valence-electron chi connectivity index (χ3n) is 7.45. The minimum atomic E-state index is -4.32. The number of imidazole rings is 1. The van der Waals surface area contributed by atoms with Gasteiger partial charge >= 0.3 is 13.7 Å². The van der Waals surface area contributed by atoms with Gasteiger partial charge in [-0.2, -0.15) is 5.09 Å². The molecule has 5 atom stereocenters. The fourth-order valence-corrected chi connectivity index (χ4v) is 7.14. The van der Waals surface area contributed by atoms with Crippen molar-refractivity contribution in [2.45, 2.75) is 44.2 Å². The molecule has 46 heavy (non-hydrogen) atoms. The number of halogens is 1. The Morgan fingerprint density at radius 3 is 2.72 bits per heavy atom. The number of aromatic nitrogens is 4. The van der Waals surface area contributed by atoms with Crippen molar-refractivity contribution < 1.29 is 33.0 Å². The van der Waals surface area contributed by atoms with Crippen LogP contribution in [-0.4, -0.2) is 62.1 Å². The van der Waals surface area contributed by atoms with E-state index in [9.17, 15) is 14.5 Å². The van der Waals surface area contributed by atoms with Crippen molar-refractivity contribution in [2.24, 2.45) is 0 Å². The van der Waals surface area contributed by atoms with Gasteiger partial charge < -0.3 is 24.8 Å². The summed E-state index contributed by atoms with van der Waals surface area (Å²) in [6.45, 7) is 1.54. The number of carbonyl (C=O) groups is 1. The van der Waals surface area contributed by atoms with Crippen LogP contribution >= 0.6 is 19.3 Å². The van der Waals surface area contributed by atoms with Crippen LogP contribution in [0.15, 0.2) is 79.1 Å². The van der Waals surface area contributed by atoms with Gasteiger partial charge in [-0.15, -0.1) is 0 Å². The number of aliphatic hydroxyl groups excluding tert-OH is 1. The smallest absolute Gasteiger partial charge is 0.459 e. The minimum absolute atomic E-state index is 0.00219. The first kappa shape index (κ1) is 31.9. The summed E-state index contributed by atoms with van der Waals surface area (Å²) >= 11 is 6.39. The Morgan fingerprint density at radius 2 is 1.91 bits per heavy atom. The van der Waals surface area contributed by atoms with Crippen molar-refractivity contribution in [3.8, 4) is 5.75 Å². The summed E-state index contributed by atoms with van der Waals surface area (Å²) in [6.07, 6.45) is -1.27. The van der Waals surface area contributed by atoms with Crippen LogP contribution in [0.1, 0.15) is 25.1 Å². The molecule has 0 radical (unpaired) electrons. The van der Waals surface area contributed by atoms with E-state index in [1.165, 1.54) is 10.9 Å². The number of nitrogens with zero attached hydrogens (tertiary/aromatic N) is 4. The van der Waals surface area contributed by atoms with E-state index in [0.717, 1.165) is 10.9 Å². The number of aliphatic hydroxyl groups is 1. The Labute approximate surface area is 269 Å². The van der Waals surface area contributed by atoms with Gasteiger partial charge in [0.25, 0.3) is 0 Å². The van der Waals surface area contributed by atoms with Crippen LogP contribution in [0.3, 0.4) is 0 Å². The maximum absolute atomic E-state index is 14.6. The molecule has 1 aliphatic heterocycles. The maximum Gasteiger partial charge on any atom is 0.459 e. The van der Waals surface area contributed by atoms with Crippen molar-refractivity contribution in [3.05, 3.63) is 90.0 Å². The van der Waals surface area contributed by atoms with Gasteiger partial charge in [0.05, 0.1) is 19.3 Å². The predicted octanol–water partition coefficient (Wildman–Crippen LogP) is 4.83. The average Bonchev–Trinajstić information content (AvgIpc) is 3.59. The molecule has 1 aliphatic rings. The molecule has 1 fully saturated rings. The number of nitrogen functional groups attached to an aromatic ring is 1. The minimum Gasteiger partial charge on any atom is -0.465 e. The summed E-state index contributed by atoms with van der Waals surface area (Å²) in [5.74, 6) is -0.204. The molecule has 4 N–H and O–H groups in total. The number of rotatable bonds is 12. The molecule has 0 amide bonds. The zero-order chi connectivity index (χ0) is 32.3. The van der Waals surface area contributed by atoms with Gasteiger partial charge in [0, 0.05) is 11.8 Å². The second-order valence-corrected chi connectivity index (χ2v) is 12.7. The van der Waals surface area contributed by atoms with E-state index >= 15 is 0 Å². The zero-order valence-corrected chi connectivity index (χ0v) is 26.4. The van der Waals surface area contributed by atoms with Crippen LogP contribution in [-0.2, 0) is 29.8 Å². The van der Waals surface area contributed by atoms with Gasteiger partial charge in [-0.3, -0.25) is 13.9 Å². The summed E-state index contributed by atoms with van der Waals surface area (Å²) < 4.78 is 39.6. The van der Waals surface area contributed by atoms with Crippen molar-refractivity contribution in [1.82, 2.24) is 24.6 Å². The Balaban J connectivity index is 1.27. The highest BCUT2D eigenvalue weighted by Crippen LogP contribution is 2.48. The van der Waals surface area contributed by atoms with Crippen LogP contribution < -0.4 is 15.3 Å². The van der Waals surface area contributed by atoms with Gasteiger partial charge in [-0.25, -0.2) is 19.5 Å². The summed E-state index contributed by atoms with van der Waals surface area (Å²) in [5, 5.41) is 15.4. The van der Waals surface area contributed by atoms with Gasteiger partial charge in [-0.05, 0) is 42.0 Å². The zero-order valence-electron chi connectivity index (χ0n) is 24.7. The molecule has 15 heteroatoms. The normalized spacial score (nSPS) is 20.0. The molecular weight excluding hydrogens is 635 g/mol. The number of ether oxygens (including phenoxy) is 2. The fourth-order valence-electron chi connectivity index (χ4n) is 5.34. The quantitative estimate of drug-likeness (QED) is 0.0942. The van der Waals surface area contributed by atoms with Crippen LogP contribution in [0.25, 0.3) is 21.9 Å². The summed E-state index contributed by atoms with van der Waals surface area (Å²) in [5.41, 5.74) is 7.29. The predicted molar refractivity (Wildman–Crippen MR) is 171 cm³/mol. The highest BCUT2D eigenvalue weighted by Gasteiger charge is 2.41. The highest BCUT2D eigenvalue weighted by atomic mass is 35.5. The van der Waals surface area contributed by atoms with E-state index in [1.807, 2.05) is 60.7 Å². The van der Waals surface area contributed by atoms with E-state index in [-0.39, 0.29) is 54.1 Å². The van der Waals surface area contributed by atoms with E-state index in [0.29, 0.717) is 5.39 Å². The first-order chi connectivity index (χ1) is 22.2. The lowest BCUT2D eigenvalue weighted by Gasteiger charge is -2.26. The molecule has 0 bridgehead atoms. The second kappa shape index (κ2) is 13.7. The molecule has 3 heterocycles. The van der Waals surface area contributed by atoms with Gasteiger partial charge in [0.2, 0.25) is 5.28 Å². The second-order valence-electron chi connectivity index (χ2n) is 10.6. The van der Waals surface area contributed by atoms with Gasteiger partial charge in [0.15, 0.2) is 23.2 Å². The van der Waals surface area contributed by atoms with Crippen LogP contribution in [0.5, 0.6) is 5.75 Å². The number of hydrogen-bond acceptors (Lipinski definition) is 11. The van der Waals surface area contributed by atoms with E-state index in [1.54, 1.807) is 19.1 Å². The molecule has 240 valence electrons. The average molecular weight is 667 g/mol. The molecule has 0 spiro atoms. The number of nitrogens with two attached hydrogens (primary N) is 1. The standard InChI is InChI=1S/C31H32ClN6O7P/c1-2-42-30(40)23(15-19-9-4-3-5-10-19)37-46(41,45-25-14-8-12-20-11-6-7-13-22(20)25)43-17-21-16-24(39)29(44-21)38-28-26(36-31(38)32)27(33)34-18-35-28/h3-14,18,21,23-24,29,39H,2,15-17H2,1H3,(H,37,41)(H2,33,34,35)/t21-,23-,24-,29+,46?/m0/s1. The Morgan fingerprint density at radius 1 is 1.15 bits per heavy atom. The number of anilines is 1. The molecule has 6 rings (SSSR count). The van der Waals surface area contributed by atoms with Crippen molar-refractivity contribution >= 4 is 53.1 Å². The van der Waals surface area contributed by atoms with E-state index < -0.39 is 38.2 Å². The number of fused-ring (bicyclic) bond motifs is 2. The lowest BCUT2D eigenvalue weighted by atomic mass is 10.1. The molecule has 5 aromatic rings. The Bertz CT molecular complexity index is 1890. The SMILES string of the molecule is CCOC(=O)[C@H](Cc1ccccc1)NP(=O)(OC[C@@H]1C[C@H](O)[C@H](n2c(Cl)nc3c(N)ncnc32)O1)Oc1cccc2ccccc12. The van der Waals surface area contributed by atoms with Crippen molar-refractivity contribution in [3.63, 3.8) is 0 Å². The lowest BCUT2D eigenvalue weighted by molar-refractivity contribution is -0.145. The van der Waals surface area contributed by atoms with Crippen LogP contribution in [0.4, 0.5) is 5.82 Å². The number of hydrogen-bond donors (Lipinski definition) is 3. The highest BCUT2D eigenvalue weighted by molar-refractivity contribution is 7.52. The summed E-state index contributed by atoms with van der Waals surface area (Å²) in [7, 11) is -4.32. The maximum atomic E-state index is 14.6. The number of carbonyl (C=O) groups excluding carboxylic acids is 1. The molecule has 13 nitrogen and oxygen atoms in total. The third-order valence-corrected chi connectivity index (χ3v) is 9.27. The van der Waals surface area contributed by atoms with E-state index in [2.05, 4.69) is 20.0 Å². The Kier molecular flexibility index (Phi) is 9.50. The van der Waals surface area contributed by atoms with Crippen LogP contribution in [0.2, 0.25) is 5.28 Å². The van der Waals surface area contributed by atoms with Gasteiger partial charge in [-0.1, -0.05) is 66.7 Å². The van der Waals surface area contributed by atoms with Crippen molar-refractivity contribution in [2.75, 3.05) is 18.9 Å².